The van der Waals surface area contributed by atoms with Gasteiger partial charge in [-0.1, -0.05) is 29.8 Å². The van der Waals surface area contributed by atoms with Crippen LogP contribution in [0.25, 0.3) is 0 Å². The van der Waals surface area contributed by atoms with E-state index in [1.165, 1.54) is 0 Å². The van der Waals surface area contributed by atoms with E-state index in [0.717, 1.165) is 15.6 Å². The van der Waals surface area contributed by atoms with Crippen LogP contribution < -0.4 is 0 Å². The second-order valence-corrected chi connectivity index (χ2v) is 4.04. The third-order valence-corrected chi connectivity index (χ3v) is 2.51. The average molecular weight is 289 g/mol. The van der Waals surface area contributed by atoms with Crippen LogP contribution in [0.3, 0.4) is 0 Å². The van der Waals surface area contributed by atoms with Crippen LogP contribution in [0.1, 0.15) is 31.3 Å². The summed E-state index contributed by atoms with van der Waals surface area (Å²) in [5.74, 6) is 0. The molecule has 90 valence electrons. The molecule has 1 aliphatic heterocycles. The molecule has 0 aliphatic carbocycles. The van der Waals surface area contributed by atoms with Gasteiger partial charge in [0.1, 0.15) is 0 Å². The fourth-order valence-electron chi connectivity index (χ4n) is 1.45. The summed E-state index contributed by atoms with van der Waals surface area (Å²) in [4.78, 5) is 0. The lowest BCUT2D eigenvalue weighted by Crippen LogP contribution is -1.99. The van der Waals surface area contributed by atoms with Crippen molar-refractivity contribution < 1.29 is 14.6 Å². The predicted molar refractivity (Wildman–Crippen MR) is 66.1 cm³/mol. The number of halogens is 1. The zero-order valence-corrected chi connectivity index (χ0v) is 11.2. The van der Waals surface area contributed by atoms with E-state index in [0.29, 0.717) is 13.2 Å². The maximum Gasteiger partial charge on any atom is 0.184 e. The van der Waals surface area contributed by atoms with Crippen LogP contribution in [0.2, 0.25) is 0 Å². The largest absolute Gasteiger partial charge is 0.392 e. The van der Waals surface area contributed by atoms with Crippen LogP contribution in [0.15, 0.2) is 22.7 Å². The number of hydrogen-bond acceptors (Lipinski definition) is 3. The first-order valence-electron chi connectivity index (χ1n) is 5.43. The summed E-state index contributed by atoms with van der Waals surface area (Å²) in [6.45, 7) is 5.29. The second-order valence-electron chi connectivity index (χ2n) is 3.12. The Morgan fingerprint density at radius 3 is 2.44 bits per heavy atom. The first-order valence-corrected chi connectivity index (χ1v) is 6.22. The summed E-state index contributed by atoms with van der Waals surface area (Å²) in [6, 6.07) is 5.70. The van der Waals surface area contributed by atoms with E-state index in [9.17, 15) is 0 Å². The number of aliphatic hydroxyl groups excluding tert-OH is 1. The van der Waals surface area contributed by atoms with Gasteiger partial charge in [-0.15, -0.1) is 0 Å². The minimum absolute atomic E-state index is 0.0269. The van der Waals surface area contributed by atoms with E-state index in [-0.39, 0.29) is 12.9 Å². The minimum Gasteiger partial charge on any atom is -0.392 e. The van der Waals surface area contributed by atoms with E-state index in [4.69, 9.17) is 14.6 Å². The quantitative estimate of drug-likeness (QED) is 0.909. The van der Waals surface area contributed by atoms with Crippen LogP contribution in [-0.2, 0) is 16.1 Å². The zero-order valence-electron chi connectivity index (χ0n) is 9.57. The lowest BCUT2D eigenvalue weighted by atomic mass is 10.1. The smallest absolute Gasteiger partial charge is 0.184 e. The summed E-state index contributed by atoms with van der Waals surface area (Å²) in [7, 11) is 0. The Morgan fingerprint density at radius 2 is 1.88 bits per heavy atom. The Labute approximate surface area is 105 Å². The van der Waals surface area contributed by atoms with Crippen LogP contribution in [-0.4, -0.2) is 18.3 Å². The number of rotatable bonds is 2. The number of ether oxygens (including phenoxy) is 2. The fraction of sp³-hybridized carbons (Fsp3) is 0.500. The highest BCUT2D eigenvalue weighted by molar-refractivity contribution is 9.10. The minimum atomic E-state index is -0.280. The van der Waals surface area contributed by atoms with Crippen LogP contribution >= 0.6 is 15.9 Å². The van der Waals surface area contributed by atoms with E-state index >= 15 is 0 Å². The summed E-state index contributed by atoms with van der Waals surface area (Å²) in [6.07, 6.45) is -0.280. The molecular formula is C12H17BrO3. The van der Waals surface area contributed by atoms with E-state index in [1.807, 2.05) is 32.0 Å². The summed E-state index contributed by atoms with van der Waals surface area (Å²) in [5, 5.41) is 9.03. The van der Waals surface area contributed by atoms with E-state index in [1.54, 1.807) is 0 Å². The Hall–Kier alpha value is -0.420. The molecule has 3 nitrogen and oxygen atoms in total. The molecule has 1 aromatic carbocycles. The van der Waals surface area contributed by atoms with Gasteiger partial charge in [0.15, 0.2) is 6.29 Å². The molecule has 0 saturated carbocycles. The molecule has 1 fully saturated rings. The fourth-order valence-corrected chi connectivity index (χ4v) is 2.01. The van der Waals surface area contributed by atoms with Gasteiger partial charge in [-0.05, 0) is 23.8 Å². The van der Waals surface area contributed by atoms with Crippen molar-refractivity contribution in [3.05, 3.63) is 33.8 Å². The monoisotopic (exact) mass is 288 g/mol. The van der Waals surface area contributed by atoms with Gasteiger partial charge in [0.05, 0.1) is 19.8 Å². The molecule has 0 amide bonds. The van der Waals surface area contributed by atoms with Crippen molar-refractivity contribution in [1.82, 2.24) is 0 Å². The van der Waals surface area contributed by atoms with Gasteiger partial charge in [0.25, 0.3) is 0 Å². The summed E-state index contributed by atoms with van der Waals surface area (Å²) < 4.78 is 11.7. The van der Waals surface area contributed by atoms with Crippen LogP contribution in [0.4, 0.5) is 0 Å². The lowest BCUT2D eigenvalue weighted by Gasteiger charge is -2.11. The maximum absolute atomic E-state index is 9.03. The molecule has 1 saturated heterocycles. The van der Waals surface area contributed by atoms with Gasteiger partial charge >= 0.3 is 0 Å². The van der Waals surface area contributed by atoms with E-state index in [2.05, 4.69) is 15.9 Å². The number of benzene rings is 1. The standard InChI is InChI=1S/C10H11BrO3.C2H6/c11-9-4-7(6-12)3-8(5-9)10-13-1-2-14-10;1-2/h3-5,10,12H,1-2,6H2;1-2H3. The van der Waals surface area contributed by atoms with Gasteiger partial charge in [-0.2, -0.15) is 0 Å². The van der Waals surface area contributed by atoms with Crippen molar-refractivity contribution in [1.29, 1.82) is 0 Å². The van der Waals surface area contributed by atoms with Gasteiger partial charge in [0.2, 0.25) is 0 Å². The Bertz CT molecular complexity index is 322. The van der Waals surface area contributed by atoms with Crippen molar-refractivity contribution in [2.75, 3.05) is 13.2 Å². The SMILES string of the molecule is CC.OCc1cc(Br)cc(C2OCCO2)c1. The van der Waals surface area contributed by atoms with Crippen LogP contribution in [0.5, 0.6) is 0 Å². The van der Waals surface area contributed by atoms with Crippen molar-refractivity contribution in [3.63, 3.8) is 0 Å². The topological polar surface area (TPSA) is 38.7 Å². The van der Waals surface area contributed by atoms with Gasteiger partial charge in [0, 0.05) is 10.0 Å². The van der Waals surface area contributed by atoms with Crippen molar-refractivity contribution in [2.24, 2.45) is 0 Å². The Balaban J connectivity index is 0.000000606. The maximum atomic E-state index is 9.03. The molecule has 16 heavy (non-hydrogen) atoms. The lowest BCUT2D eigenvalue weighted by molar-refractivity contribution is -0.0442. The molecule has 1 aliphatic rings. The molecular weight excluding hydrogens is 272 g/mol. The average Bonchev–Trinajstić information content (AvgIpc) is 2.84. The molecule has 1 aromatic rings. The molecule has 1 heterocycles. The molecule has 4 heteroatoms. The summed E-state index contributed by atoms with van der Waals surface area (Å²) >= 11 is 3.38. The molecule has 0 bridgehead atoms. The molecule has 1 N–H and O–H groups in total. The Kier molecular flexibility index (Phi) is 5.98. The van der Waals surface area contributed by atoms with Crippen molar-refractivity contribution in [3.8, 4) is 0 Å². The second kappa shape index (κ2) is 7.01. The molecule has 0 radical (unpaired) electrons. The molecule has 2 rings (SSSR count). The highest BCUT2D eigenvalue weighted by Crippen LogP contribution is 2.27. The third-order valence-electron chi connectivity index (χ3n) is 2.06. The molecule has 0 aromatic heterocycles. The first-order chi connectivity index (χ1) is 7.79. The normalized spacial score (nSPS) is 15.8. The van der Waals surface area contributed by atoms with Crippen molar-refractivity contribution in [2.45, 2.75) is 26.7 Å². The van der Waals surface area contributed by atoms with Crippen molar-refractivity contribution >= 4 is 15.9 Å². The number of hydrogen-bond donors (Lipinski definition) is 1. The van der Waals surface area contributed by atoms with Gasteiger partial charge in [-0.25, -0.2) is 0 Å². The molecule has 0 atom stereocenters. The highest BCUT2D eigenvalue weighted by atomic mass is 79.9. The summed E-state index contributed by atoms with van der Waals surface area (Å²) in [5.41, 5.74) is 1.80. The zero-order chi connectivity index (χ0) is 12.0. The predicted octanol–water partition coefficient (Wildman–Crippen LogP) is 3.01. The molecule has 0 unspecified atom stereocenters. The Morgan fingerprint density at radius 1 is 1.25 bits per heavy atom. The van der Waals surface area contributed by atoms with Gasteiger partial charge in [-0.3, -0.25) is 0 Å². The third kappa shape index (κ3) is 3.56. The van der Waals surface area contributed by atoms with Crippen LogP contribution in [0, 0.1) is 0 Å². The number of aliphatic hydroxyl groups is 1. The van der Waals surface area contributed by atoms with E-state index < -0.39 is 0 Å². The highest BCUT2D eigenvalue weighted by Gasteiger charge is 2.18. The van der Waals surface area contributed by atoms with Gasteiger partial charge < -0.3 is 14.6 Å². The molecule has 0 spiro atoms. The first kappa shape index (κ1) is 13.6.